The van der Waals surface area contributed by atoms with Crippen molar-refractivity contribution < 1.29 is 4.74 Å². The highest BCUT2D eigenvalue weighted by atomic mass is 16.5. The van der Waals surface area contributed by atoms with Crippen LogP contribution in [0.4, 0.5) is 0 Å². The molecule has 0 radical (unpaired) electrons. The normalized spacial score (nSPS) is 20.6. The molecule has 1 aromatic carbocycles. The molecule has 78 valence electrons. The van der Waals surface area contributed by atoms with E-state index in [1.54, 1.807) is 0 Å². The first kappa shape index (κ1) is 10.1. The Bertz CT molecular complexity index is 361. The van der Waals surface area contributed by atoms with E-state index in [-0.39, 0.29) is 6.10 Å². The molecule has 0 spiro atoms. The van der Waals surface area contributed by atoms with E-state index in [1.807, 2.05) is 24.3 Å². The Morgan fingerprint density at radius 2 is 2.27 bits per heavy atom. The minimum Gasteiger partial charge on any atom is -0.488 e. The number of terminal acetylenes is 1. The number of benzene rings is 1. The van der Waals surface area contributed by atoms with Crippen molar-refractivity contribution in [1.29, 1.82) is 0 Å². The second-order valence-corrected chi connectivity index (χ2v) is 3.73. The Hall–Kier alpha value is -1.46. The molecular weight excluding hydrogens is 186 g/mol. The quantitative estimate of drug-likeness (QED) is 0.737. The molecule has 1 fully saturated rings. The highest BCUT2D eigenvalue weighted by molar-refractivity contribution is 5.44. The molecule has 0 amide bonds. The largest absolute Gasteiger partial charge is 0.488 e. The highest BCUT2D eigenvalue weighted by Gasteiger charge is 2.15. The van der Waals surface area contributed by atoms with Crippen LogP contribution in [0, 0.1) is 12.3 Å². The summed E-state index contributed by atoms with van der Waals surface area (Å²) in [6.07, 6.45) is 7.94. The molecule has 2 heteroatoms. The van der Waals surface area contributed by atoms with Gasteiger partial charge in [0.05, 0.1) is 5.56 Å². The second kappa shape index (κ2) is 4.86. The van der Waals surface area contributed by atoms with Crippen molar-refractivity contribution in [1.82, 2.24) is 5.32 Å². The highest BCUT2D eigenvalue weighted by Crippen LogP contribution is 2.20. The molecule has 0 aliphatic carbocycles. The minimum absolute atomic E-state index is 0.258. The Balaban J connectivity index is 2.06. The zero-order valence-electron chi connectivity index (χ0n) is 8.70. The number of para-hydroxylation sites is 1. The fourth-order valence-corrected chi connectivity index (χ4v) is 1.79. The fourth-order valence-electron chi connectivity index (χ4n) is 1.79. The average molecular weight is 201 g/mol. The van der Waals surface area contributed by atoms with Crippen molar-refractivity contribution in [3.63, 3.8) is 0 Å². The molecule has 0 saturated carbocycles. The summed E-state index contributed by atoms with van der Waals surface area (Å²) in [5.41, 5.74) is 0.836. The van der Waals surface area contributed by atoms with E-state index in [1.165, 1.54) is 6.42 Å². The van der Waals surface area contributed by atoms with E-state index in [0.717, 1.165) is 30.8 Å². The Labute approximate surface area is 90.6 Å². The first-order valence-electron chi connectivity index (χ1n) is 5.33. The number of piperidine rings is 1. The van der Waals surface area contributed by atoms with E-state index >= 15 is 0 Å². The van der Waals surface area contributed by atoms with E-state index in [4.69, 9.17) is 11.2 Å². The van der Waals surface area contributed by atoms with Gasteiger partial charge in [-0.1, -0.05) is 18.1 Å². The third-order valence-corrected chi connectivity index (χ3v) is 2.59. The van der Waals surface area contributed by atoms with Crippen LogP contribution in [0.3, 0.4) is 0 Å². The summed E-state index contributed by atoms with van der Waals surface area (Å²) in [6, 6.07) is 7.73. The van der Waals surface area contributed by atoms with Crippen LogP contribution in [0.15, 0.2) is 24.3 Å². The summed E-state index contributed by atoms with van der Waals surface area (Å²) in [4.78, 5) is 0. The molecule has 1 unspecified atom stereocenters. The van der Waals surface area contributed by atoms with E-state index < -0.39 is 0 Å². The molecule has 1 aromatic rings. The van der Waals surface area contributed by atoms with Crippen molar-refractivity contribution in [2.24, 2.45) is 0 Å². The van der Waals surface area contributed by atoms with Crippen molar-refractivity contribution in [2.75, 3.05) is 13.1 Å². The minimum atomic E-state index is 0.258. The van der Waals surface area contributed by atoms with Gasteiger partial charge in [-0.15, -0.1) is 6.42 Å². The summed E-state index contributed by atoms with van der Waals surface area (Å²) in [5, 5.41) is 3.32. The van der Waals surface area contributed by atoms with Gasteiger partial charge in [-0.25, -0.2) is 0 Å². The van der Waals surface area contributed by atoms with Crippen LogP contribution in [0.2, 0.25) is 0 Å². The summed E-state index contributed by atoms with van der Waals surface area (Å²) >= 11 is 0. The third-order valence-electron chi connectivity index (χ3n) is 2.59. The van der Waals surface area contributed by atoms with Gasteiger partial charge in [0, 0.05) is 6.54 Å². The van der Waals surface area contributed by atoms with Gasteiger partial charge in [-0.3, -0.25) is 0 Å². The van der Waals surface area contributed by atoms with E-state index in [2.05, 4.69) is 11.2 Å². The van der Waals surface area contributed by atoms with Gasteiger partial charge >= 0.3 is 0 Å². The zero-order valence-corrected chi connectivity index (χ0v) is 8.70. The molecule has 15 heavy (non-hydrogen) atoms. The number of nitrogens with one attached hydrogen (secondary N) is 1. The predicted molar refractivity (Wildman–Crippen MR) is 60.9 cm³/mol. The number of hydrogen-bond donors (Lipinski definition) is 1. The van der Waals surface area contributed by atoms with Crippen LogP contribution in [-0.4, -0.2) is 19.2 Å². The van der Waals surface area contributed by atoms with Crippen molar-refractivity contribution in [3.05, 3.63) is 29.8 Å². The van der Waals surface area contributed by atoms with Crippen LogP contribution < -0.4 is 10.1 Å². The molecular formula is C13H15NO. The van der Waals surface area contributed by atoms with Gasteiger partial charge in [0.1, 0.15) is 11.9 Å². The molecule has 0 aromatic heterocycles. The molecule has 1 heterocycles. The van der Waals surface area contributed by atoms with Gasteiger partial charge < -0.3 is 10.1 Å². The van der Waals surface area contributed by atoms with Crippen LogP contribution in [0.5, 0.6) is 5.75 Å². The van der Waals surface area contributed by atoms with E-state index in [0.29, 0.717) is 0 Å². The van der Waals surface area contributed by atoms with Crippen LogP contribution >= 0.6 is 0 Å². The third kappa shape index (κ3) is 2.51. The molecule has 1 aliphatic heterocycles. The molecule has 1 N–H and O–H groups in total. The maximum Gasteiger partial charge on any atom is 0.135 e. The lowest BCUT2D eigenvalue weighted by Gasteiger charge is -2.24. The second-order valence-electron chi connectivity index (χ2n) is 3.73. The smallest absolute Gasteiger partial charge is 0.135 e. The summed E-state index contributed by atoms with van der Waals surface area (Å²) < 4.78 is 5.87. The molecule has 2 nitrogen and oxygen atoms in total. The Kier molecular flexibility index (Phi) is 3.26. The summed E-state index contributed by atoms with van der Waals surface area (Å²) in [7, 11) is 0. The lowest BCUT2D eigenvalue weighted by Crippen LogP contribution is -2.37. The predicted octanol–water partition coefficient (Wildman–Crippen LogP) is 1.80. The summed E-state index contributed by atoms with van der Waals surface area (Å²) in [6.45, 7) is 2.01. The number of rotatable bonds is 2. The van der Waals surface area contributed by atoms with E-state index in [9.17, 15) is 0 Å². The Morgan fingerprint density at radius 1 is 1.40 bits per heavy atom. The number of hydrogen-bond acceptors (Lipinski definition) is 2. The van der Waals surface area contributed by atoms with Crippen molar-refractivity contribution in [2.45, 2.75) is 18.9 Å². The summed E-state index contributed by atoms with van der Waals surface area (Å²) in [5.74, 6) is 3.47. The zero-order chi connectivity index (χ0) is 10.5. The van der Waals surface area contributed by atoms with Gasteiger partial charge in [0.25, 0.3) is 0 Å². The fraction of sp³-hybridized carbons (Fsp3) is 0.385. The number of ether oxygens (including phenoxy) is 1. The maximum atomic E-state index is 5.87. The molecule has 1 atom stereocenters. The average Bonchev–Trinajstić information content (AvgIpc) is 2.31. The SMILES string of the molecule is C#Cc1ccccc1OC1CCCNC1. The van der Waals surface area contributed by atoms with Crippen LogP contribution in [0.25, 0.3) is 0 Å². The monoisotopic (exact) mass is 201 g/mol. The Morgan fingerprint density at radius 3 is 3.00 bits per heavy atom. The van der Waals surface area contributed by atoms with Gasteiger partial charge in [-0.2, -0.15) is 0 Å². The molecule has 1 saturated heterocycles. The lowest BCUT2D eigenvalue weighted by molar-refractivity contribution is 0.166. The van der Waals surface area contributed by atoms with Crippen molar-refractivity contribution in [3.8, 4) is 18.1 Å². The van der Waals surface area contributed by atoms with Gasteiger partial charge in [-0.05, 0) is 31.5 Å². The molecule has 2 rings (SSSR count). The van der Waals surface area contributed by atoms with Crippen molar-refractivity contribution >= 4 is 0 Å². The topological polar surface area (TPSA) is 21.3 Å². The lowest BCUT2D eigenvalue weighted by atomic mass is 10.1. The van der Waals surface area contributed by atoms with Gasteiger partial charge in [0.15, 0.2) is 0 Å². The first-order valence-corrected chi connectivity index (χ1v) is 5.33. The van der Waals surface area contributed by atoms with Crippen LogP contribution in [-0.2, 0) is 0 Å². The maximum absolute atomic E-state index is 5.87. The molecule has 1 aliphatic rings. The van der Waals surface area contributed by atoms with Crippen LogP contribution in [0.1, 0.15) is 18.4 Å². The molecule has 0 bridgehead atoms. The van der Waals surface area contributed by atoms with Gasteiger partial charge in [0.2, 0.25) is 0 Å². The first-order chi connectivity index (χ1) is 7.40. The standard InChI is InChI=1S/C13H15NO/c1-2-11-6-3-4-8-13(11)15-12-7-5-9-14-10-12/h1,3-4,6,8,12,14H,5,7,9-10H2.